The normalized spacial score (nSPS) is 18.5. The largest absolute Gasteiger partial charge is 0.392 e. The first-order valence-corrected chi connectivity index (χ1v) is 14.9. The molecule has 0 radical (unpaired) electrons. The van der Waals surface area contributed by atoms with Gasteiger partial charge in [-0.2, -0.15) is 0 Å². The minimum absolute atomic E-state index is 0.00469. The number of aliphatic hydroxyl groups excluding tert-OH is 1. The predicted octanol–water partition coefficient (Wildman–Crippen LogP) is 5.70. The van der Waals surface area contributed by atoms with E-state index in [2.05, 4.69) is 10.3 Å². The van der Waals surface area contributed by atoms with Crippen molar-refractivity contribution in [2.45, 2.75) is 75.1 Å². The molecule has 9 nitrogen and oxygen atoms in total. The standard InChI is InChI=1S/C31H37N3O6S/c35-20-22-10-12-23(13-11-22)27-19-26(21-41-30-9-5-6-18-32-30)39-31(40-27)24-14-16-25(17-15-24)33-28(36)7-3-1-2-4-8-29(37)34-38/h5-6,9-18,26-27,31,35,38H,1-4,7-8,19-21H2,(H,33,36)(H,34,37). The molecule has 0 bridgehead atoms. The molecule has 1 aliphatic heterocycles. The molecule has 41 heavy (non-hydrogen) atoms. The number of unbranched alkanes of at least 4 members (excludes halogenated alkanes) is 3. The first kappa shape index (κ1) is 30.7. The molecule has 218 valence electrons. The fourth-order valence-electron chi connectivity index (χ4n) is 4.56. The molecule has 1 aliphatic rings. The van der Waals surface area contributed by atoms with Gasteiger partial charge in [-0.05, 0) is 48.2 Å². The van der Waals surface area contributed by atoms with E-state index in [1.54, 1.807) is 23.4 Å². The fraction of sp³-hybridized carbons (Fsp3) is 0.387. The third-order valence-electron chi connectivity index (χ3n) is 6.82. The molecule has 1 aromatic heterocycles. The lowest BCUT2D eigenvalue weighted by atomic mass is 10.0. The van der Waals surface area contributed by atoms with Gasteiger partial charge in [-0.3, -0.25) is 14.8 Å². The van der Waals surface area contributed by atoms with E-state index in [9.17, 15) is 14.7 Å². The van der Waals surface area contributed by atoms with Crippen LogP contribution in [-0.2, 0) is 25.7 Å². The summed E-state index contributed by atoms with van der Waals surface area (Å²) in [4.78, 5) is 27.8. The molecule has 4 N–H and O–H groups in total. The smallest absolute Gasteiger partial charge is 0.243 e. The van der Waals surface area contributed by atoms with Gasteiger partial charge in [-0.25, -0.2) is 10.5 Å². The summed E-state index contributed by atoms with van der Waals surface area (Å²) >= 11 is 1.65. The van der Waals surface area contributed by atoms with E-state index in [-0.39, 0.29) is 37.0 Å². The van der Waals surface area contributed by atoms with E-state index in [1.807, 2.05) is 66.7 Å². The van der Waals surface area contributed by atoms with Crippen LogP contribution in [0.2, 0.25) is 0 Å². The minimum atomic E-state index is -0.571. The summed E-state index contributed by atoms with van der Waals surface area (Å²) in [6.07, 6.45) is 5.41. The highest BCUT2D eigenvalue weighted by molar-refractivity contribution is 7.99. The van der Waals surface area contributed by atoms with Gasteiger partial charge in [-0.15, -0.1) is 11.8 Å². The van der Waals surface area contributed by atoms with Crippen molar-refractivity contribution in [3.63, 3.8) is 0 Å². The van der Waals surface area contributed by atoms with Crippen LogP contribution >= 0.6 is 11.8 Å². The summed E-state index contributed by atoms with van der Waals surface area (Å²) < 4.78 is 12.8. The van der Waals surface area contributed by atoms with Crippen molar-refractivity contribution < 1.29 is 29.4 Å². The molecule has 10 heteroatoms. The van der Waals surface area contributed by atoms with Gasteiger partial charge in [0.15, 0.2) is 6.29 Å². The number of amides is 2. The van der Waals surface area contributed by atoms with Gasteiger partial charge in [0.05, 0.1) is 23.8 Å². The Balaban J connectivity index is 1.33. The quantitative estimate of drug-likeness (QED) is 0.0829. The van der Waals surface area contributed by atoms with Gasteiger partial charge in [0, 0.05) is 42.5 Å². The van der Waals surface area contributed by atoms with Crippen molar-refractivity contribution in [1.29, 1.82) is 0 Å². The zero-order valence-electron chi connectivity index (χ0n) is 22.9. The van der Waals surface area contributed by atoms with Crippen molar-refractivity contribution in [1.82, 2.24) is 10.5 Å². The Morgan fingerprint density at radius 2 is 1.59 bits per heavy atom. The van der Waals surface area contributed by atoms with Gasteiger partial charge in [-0.1, -0.05) is 55.3 Å². The molecule has 4 rings (SSSR count). The molecule has 3 atom stereocenters. The highest BCUT2D eigenvalue weighted by Crippen LogP contribution is 2.39. The molecule has 2 heterocycles. The van der Waals surface area contributed by atoms with Crippen molar-refractivity contribution in [2.24, 2.45) is 0 Å². The first-order valence-electron chi connectivity index (χ1n) is 13.9. The minimum Gasteiger partial charge on any atom is -0.392 e. The lowest BCUT2D eigenvalue weighted by molar-refractivity contribution is -0.245. The molecule has 3 aromatic rings. The van der Waals surface area contributed by atoms with Crippen LogP contribution < -0.4 is 10.8 Å². The molecular formula is C31H37N3O6S. The van der Waals surface area contributed by atoms with E-state index in [1.165, 1.54) is 0 Å². The van der Waals surface area contributed by atoms with Crippen LogP contribution in [0.1, 0.15) is 74.0 Å². The van der Waals surface area contributed by atoms with E-state index in [0.717, 1.165) is 46.7 Å². The van der Waals surface area contributed by atoms with E-state index < -0.39 is 6.29 Å². The predicted molar refractivity (Wildman–Crippen MR) is 156 cm³/mol. The topological polar surface area (TPSA) is 130 Å². The van der Waals surface area contributed by atoms with Crippen LogP contribution in [0.15, 0.2) is 78.0 Å². The third-order valence-corrected chi connectivity index (χ3v) is 7.89. The van der Waals surface area contributed by atoms with Crippen molar-refractivity contribution in [2.75, 3.05) is 11.1 Å². The number of aromatic nitrogens is 1. The van der Waals surface area contributed by atoms with Gasteiger partial charge in [0.2, 0.25) is 11.8 Å². The second-order valence-corrected chi connectivity index (χ2v) is 11.0. The maximum Gasteiger partial charge on any atom is 0.243 e. The Kier molecular flexibility index (Phi) is 12.1. The number of hydroxylamine groups is 1. The lowest BCUT2D eigenvalue weighted by Gasteiger charge is -2.36. The number of hydrogen-bond acceptors (Lipinski definition) is 8. The SMILES string of the molecule is O=C(CCCCCCC(=O)Nc1ccc(C2OC(CSc3ccccn3)CC(c3ccc(CO)cc3)O2)cc1)NO. The second kappa shape index (κ2) is 16.2. The summed E-state index contributed by atoms with van der Waals surface area (Å²) in [5.74, 6) is 0.278. The van der Waals surface area contributed by atoms with Crippen LogP contribution in [-0.4, -0.2) is 39.0 Å². The first-order chi connectivity index (χ1) is 20.0. The molecule has 0 aliphatic carbocycles. The number of hydrogen-bond donors (Lipinski definition) is 4. The molecular weight excluding hydrogens is 542 g/mol. The van der Waals surface area contributed by atoms with Crippen molar-refractivity contribution in [3.05, 3.63) is 89.6 Å². The van der Waals surface area contributed by atoms with Crippen LogP contribution in [0.5, 0.6) is 0 Å². The molecule has 2 amide bonds. The van der Waals surface area contributed by atoms with Crippen LogP contribution in [0.3, 0.4) is 0 Å². The van der Waals surface area contributed by atoms with Gasteiger partial charge in [0.1, 0.15) is 0 Å². The van der Waals surface area contributed by atoms with Crippen molar-refractivity contribution in [3.8, 4) is 0 Å². The lowest BCUT2D eigenvalue weighted by Crippen LogP contribution is -2.31. The molecule has 3 unspecified atom stereocenters. The number of benzene rings is 2. The molecule has 2 aromatic carbocycles. The molecule has 1 saturated heterocycles. The van der Waals surface area contributed by atoms with Gasteiger partial charge < -0.3 is 19.9 Å². The summed E-state index contributed by atoms with van der Waals surface area (Å²) in [5.41, 5.74) is 5.07. The Labute approximate surface area is 244 Å². The maximum atomic E-state index is 12.4. The number of ether oxygens (including phenoxy) is 2. The number of thioether (sulfide) groups is 1. The van der Waals surface area contributed by atoms with E-state index in [4.69, 9.17) is 14.7 Å². The van der Waals surface area contributed by atoms with Gasteiger partial charge in [0.25, 0.3) is 0 Å². The number of aliphatic hydroxyl groups is 1. The Hall–Kier alpha value is -3.28. The highest BCUT2D eigenvalue weighted by atomic mass is 32.2. The number of nitrogens with zero attached hydrogens (tertiary/aromatic N) is 1. The summed E-state index contributed by atoms with van der Waals surface area (Å²) in [7, 11) is 0. The summed E-state index contributed by atoms with van der Waals surface area (Å²) in [5, 5.41) is 21.8. The Morgan fingerprint density at radius 3 is 2.24 bits per heavy atom. The number of nitrogens with one attached hydrogen (secondary N) is 2. The average molecular weight is 580 g/mol. The van der Waals surface area contributed by atoms with Crippen LogP contribution in [0, 0.1) is 0 Å². The van der Waals surface area contributed by atoms with E-state index >= 15 is 0 Å². The molecule has 0 saturated carbocycles. The fourth-order valence-corrected chi connectivity index (χ4v) is 5.44. The van der Waals surface area contributed by atoms with Crippen molar-refractivity contribution >= 4 is 29.3 Å². The van der Waals surface area contributed by atoms with Crippen LogP contribution in [0.4, 0.5) is 5.69 Å². The maximum absolute atomic E-state index is 12.4. The summed E-state index contributed by atoms with van der Waals surface area (Å²) in [6, 6.07) is 21.2. The highest BCUT2D eigenvalue weighted by Gasteiger charge is 2.32. The number of rotatable bonds is 14. The second-order valence-electron chi connectivity index (χ2n) is 9.95. The zero-order valence-corrected chi connectivity index (χ0v) is 23.7. The number of carbonyl (C=O) groups excluding carboxylic acids is 2. The third kappa shape index (κ3) is 9.94. The van der Waals surface area contributed by atoms with Crippen LogP contribution in [0.25, 0.3) is 0 Å². The number of carbonyl (C=O) groups is 2. The van der Waals surface area contributed by atoms with E-state index in [0.29, 0.717) is 24.9 Å². The Bertz CT molecular complexity index is 1230. The number of anilines is 1. The monoisotopic (exact) mass is 579 g/mol. The molecule has 0 spiro atoms. The molecule has 1 fully saturated rings. The number of pyridine rings is 1. The Morgan fingerprint density at radius 1 is 0.878 bits per heavy atom. The zero-order chi connectivity index (χ0) is 28.9. The average Bonchev–Trinajstić information content (AvgIpc) is 3.02. The van der Waals surface area contributed by atoms with Gasteiger partial charge >= 0.3 is 0 Å². The summed E-state index contributed by atoms with van der Waals surface area (Å²) in [6.45, 7) is -0.00469.